The highest BCUT2D eigenvalue weighted by Crippen LogP contribution is 2.33. The molecule has 3 rings (SSSR count). The summed E-state index contributed by atoms with van der Waals surface area (Å²) in [5.74, 6) is 0. The molecular weight excluding hydrogens is 556 g/mol. The van der Waals surface area contributed by atoms with Crippen molar-refractivity contribution in [3.63, 3.8) is 0 Å². The smallest absolute Gasteiger partial charge is 0.0862 e. The van der Waals surface area contributed by atoms with Crippen molar-refractivity contribution in [2.45, 2.75) is 157 Å². The number of nitrogens with zero attached hydrogens (tertiary/aromatic N) is 2. The zero-order chi connectivity index (χ0) is 33.0. The fourth-order valence-electron chi connectivity index (χ4n) is 6.79. The summed E-state index contributed by atoms with van der Waals surface area (Å²) in [4.78, 5) is 0. The van der Waals surface area contributed by atoms with Crippen molar-refractivity contribution in [3.8, 4) is 11.1 Å². The molecule has 0 saturated heterocycles. The number of rotatable bonds is 22. The number of hydrogen-bond donors (Lipinski definition) is 0. The SMILES string of the molecule is CCCCCCCCc1cc(N=NC(=Cc2cc(CC)c(-c3ccccc3)c(CCCCCC)c2)CC)cc(CCCC)c1CC. The van der Waals surface area contributed by atoms with Gasteiger partial charge in [-0.2, -0.15) is 10.2 Å². The van der Waals surface area contributed by atoms with Crippen molar-refractivity contribution in [3.05, 3.63) is 93.7 Å². The van der Waals surface area contributed by atoms with Gasteiger partial charge in [0.05, 0.1) is 11.4 Å². The zero-order valence-corrected chi connectivity index (χ0v) is 30.4. The number of hydrogen-bond acceptors (Lipinski definition) is 2. The number of unbranched alkanes of at least 4 members (excludes halogenated alkanes) is 9. The molecule has 0 radical (unpaired) electrons. The Morgan fingerprint density at radius 3 is 1.74 bits per heavy atom. The van der Waals surface area contributed by atoms with E-state index in [1.807, 2.05) is 0 Å². The molecule has 0 bridgehead atoms. The van der Waals surface area contributed by atoms with Crippen molar-refractivity contribution in [1.82, 2.24) is 0 Å². The van der Waals surface area contributed by atoms with Gasteiger partial charge in [0.2, 0.25) is 0 Å². The monoisotopic (exact) mass is 621 g/mol. The van der Waals surface area contributed by atoms with Crippen LogP contribution in [0, 0.1) is 0 Å². The number of azo groups is 1. The van der Waals surface area contributed by atoms with Crippen LogP contribution < -0.4 is 0 Å². The molecule has 0 atom stereocenters. The van der Waals surface area contributed by atoms with Crippen molar-refractivity contribution in [2.24, 2.45) is 10.2 Å². The normalized spacial score (nSPS) is 12.0. The Morgan fingerprint density at radius 2 is 1.13 bits per heavy atom. The van der Waals surface area contributed by atoms with E-state index in [9.17, 15) is 0 Å². The van der Waals surface area contributed by atoms with E-state index in [-0.39, 0.29) is 0 Å². The summed E-state index contributed by atoms with van der Waals surface area (Å²) in [6.45, 7) is 13.7. The molecule has 3 aromatic carbocycles. The minimum Gasteiger partial charge on any atom is -0.155 e. The summed E-state index contributed by atoms with van der Waals surface area (Å²) in [5.41, 5.74) is 13.5. The molecule has 3 aromatic rings. The van der Waals surface area contributed by atoms with Crippen LogP contribution in [0.5, 0.6) is 0 Å². The predicted molar refractivity (Wildman–Crippen MR) is 203 cm³/mol. The molecule has 46 heavy (non-hydrogen) atoms. The minimum absolute atomic E-state index is 0.859. The maximum absolute atomic E-state index is 4.90. The van der Waals surface area contributed by atoms with Crippen LogP contribution in [-0.4, -0.2) is 0 Å². The second-order valence-electron chi connectivity index (χ2n) is 13.2. The van der Waals surface area contributed by atoms with Crippen LogP contribution in [-0.2, 0) is 32.1 Å². The average molecular weight is 621 g/mol. The first-order valence-electron chi connectivity index (χ1n) is 19.1. The lowest BCUT2D eigenvalue weighted by molar-refractivity contribution is 0.606. The van der Waals surface area contributed by atoms with E-state index in [0.29, 0.717) is 0 Å². The Kier molecular flexibility index (Phi) is 17.7. The summed E-state index contributed by atoms with van der Waals surface area (Å²) in [6, 6.07) is 20.5. The average Bonchev–Trinajstić information content (AvgIpc) is 3.09. The molecule has 2 heteroatoms. The fourth-order valence-corrected chi connectivity index (χ4v) is 6.79. The molecule has 0 fully saturated rings. The quantitative estimate of drug-likeness (QED) is 0.0788. The van der Waals surface area contributed by atoms with Crippen LogP contribution in [0.25, 0.3) is 17.2 Å². The fraction of sp³-hybridized carbons (Fsp3) is 0.545. The molecule has 0 N–H and O–H groups in total. The highest BCUT2D eigenvalue weighted by Gasteiger charge is 2.13. The van der Waals surface area contributed by atoms with E-state index >= 15 is 0 Å². The number of benzene rings is 3. The highest BCUT2D eigenvalue weighted by atomic mass is 15.1. The van der Waals surface area contributed by atoms with Gasteiger partial charge in [-0.25, -0.2) is 0 Å². The van der Waals surface area contributed by atoms with Gasteiger partial charge in [-0.1, -0.05) is 142 Å². The van der Waals surface area contributed by atoms with Crippen LogP contribution >= 0.6 is 0 Å². The summed E-state index contributed by atoms with van der Waals surface area (Å²) in [7, 11) is 0. The lowest BCUT2D eigenvalue weighted by Gasteiger charge is -2.17. The van der Waals surface area contributed by atoms with Crippen LogP contribution in [0.4, 0.5) is 5.69 Å². The van der Waals surface area contributed by atoms with Gasteiger partial charge in [-0.15, -0.1) is 0 Å². The van der Waals surface area contributed by atoms with Gasteiger partial charge >= 0.3 is 0 Å². The Balaban J connectivity index is 1.94. The molecule has 0 unspecified atom stereocenters. The molecule has 0 aliphatic heterocycles. The molecular formula is C44H64N2. The molecule has 0 aliphatic rings. The van der Waals surface area contributed by atoms with Gasteiger partial charge in [0, 0.05) is 0 Å². The maximum atomic E-state index is 4.90. The predicted octanol–water partition coefficient (Wildman–Crippen LogP) is 14.4. The van der Waals surface area contributed by atoms with E-state index < -0.39 is 0 Å². The van der Waals surface area contributed by atoms with Gasteiger partial charge in [-0.3, -0.25) is 0 Å². The lowest BCUT2D eigenvalue weighted by atomic mass is 9.88. The zero-order valence-electron chi connectivity index (χ0n) is 30.4. The summed E-state index contributed by atoms with van der Waals surface area (Å²) < 4.78 is 0. The molecule has 0 heterocycles. The standard InChI is InChI=1S/C44H64N2/c1-7-13-16-18-19-22-28-39-34-42(33-38(25-15-9-3)43(39)12-6)46-45-41(11-5)32-35-30-36(10-4)44(37-26-23-20-24-27-37)40(31-35)29-21-17-14-8-2/h20,23-24,26-27,30-34H,7-19,21-22,25,28-29H2,1-6H3. The first-order valence-corrected chi connectivity index (χ1v) is 19.1. The Labute approximate surface area is 283 Å². The first-order chi connectivity index (χ1) is 22.6. The molecule has 0 saturated carbocycles. The van der Waals surface area contributed by atoms with Crippen LogP contribution in [0.1, 0.15) is 158 Å². The third kappa shape index (κ3) is 12.0. The van der Waals surface area contributed by atoms with Crippen molar-refractivity contribution in [1.29, 1.82) is 0 Å². The Morgan fingerprint density at radius 1 is 0.565 bits per heavy atom. The Bertz CT molecular complexity index is 1350. The summed E-state index contributed by atoms with van der Waals surface area (Å²) >= 11 is 0. The van der Waals surface area contributed by atoms with E-state index in [0.717, 1.165) is 49.9 Å². The third-order valence-electron chi connectivity index (χ3n) is 9.43. The largest absolute Gasteiger partial charge is 0.155 e. The van der Waals surface area contributed by atoms with Gasteiger partial charge in [0.1, 0.15) is 0 Å². The van der Waals surface area contributed by atoms with Crippen LogP contribution in [0.15, 0.2) is 70.5 Å². The molecule has 0 amide bonds. The second-order valence-corrected chi connectivity index (χ2v) is 13.2. The van der Waals surface area contributed by atoms with E-state index in [1.54, 1.807) is 5.56 Å². The highest BCUT2D eigenvalue weighted by molar-refractivity contribution is 5.74. The topological polar surface area (TPSA) is 24.7 Å². The van der Waals surface area contributed by atoms with E-state index in [4.69, 9.17) is 10.2 Å². The lowest BCUT2D eigenvalue weighted by Crippen LogP contribution is -2.00. The summed E-state index contributed by atoms with van der Waals surface area (Å²) in [6.07, 6.45) is 24.2. The first kappa shape index (κ1) is 37.5. The van der Waals surface area contributed by atoms with Crippen molar-refractivity contribution < 1.29 is 0 Å². The summed E-state index contributed by atoms with van der Waals surface area (Å²) in [5, 5.41) is 9.80. The molecule has 0 aliphatic carbocycles. The van der Waals surface area contributed by atoms with Gasteiger partial charge in [0.25, 0.3) is 0 Å². The van der Waals surface area contributed by atoms with Crippen molar-refractivity contribution >= 4 is 11.8 Å². The van der Waals surface area contributed by atoms with Gasteiger partial charge < -0.3 is 0 Å². The van der Waals surface area contributed by atoms with Crippen molar-refractivity contribution in [2.75, 3.05) is 0 Å². The van der Waals surface area contributed by atoms with E-state index in [2.05, 4.69) is 102 Å². The van der Waals surface area contributed by atoms with E-state index in [1.165, 1.54) is 116 Å². The van der Waals surface area contributed by atoms with Gasteiger partial charge in [-0.05, 0) is 121 Å². The number of allylic oxidation sites excluding steroid dienone is 1. The van der Waals surface area contributed by atoms with Crippen LogP contribution in [0.3, 0.4) is 0 Å². The van der Waals surface area contributed by atoms with Crippen LogP contribution in [0.2, 0.25) is 0 Å². The second kappa shape index (κ2) is 21.7. The third-order valence-corrected chi connectivity index (χ3v) is 9.43. The maximum Gasteiger partial charge on any atom is 0.0862 e. The number of aryl methyl sites for hydroxylation is 4. The van der Waals surface area contributed by atoms with Gasteiger partial charge in [0.15, 0.2) is 0 Å². The molecule has 0 aromatic heterocycles. The molecule has 250 valence electrons. The molecule has 0 spiro atoms. The minimum atomic E-state index is 0.859. The molecule has 2 nitrogen and oxygen atoms in total. The Hall–Kier alpha value is -3.00.